The highest BCUT2D eigenvalue weighted by Crippen LogP contribution is 2.72. The monoisotopic (exact) mass is 490 g/mol. The Morgan fingerprint density at radius 1 is 1.18 bits per heavy atom. The van der Waals surface area contributed by atoms with Crippen molar-refractivity contribution in [3.63, 3.8) is 0 Å². The van der Waals surface area contributed by atoms with Crippen LogP contribution in [0.4, 0.5) is 0 Å². The molecule has 5 rings (SSSR count). The lowest BCUT2D eigenvalue weighted by molar-refractivity contribution is 0.0272. The van der Waals surface area contributed by atoms with Crippen LogP contribution in [0.2, 0.25) is 18.1 Å². The first-order valence-corrected chi connectivity index (χ1v) is 17.1. The summed E-state index contributed by atoms with van der Waals surface area (Å²) in [6.45, 7) is 19.2. The Kier molecular flexibility index (Phi) is 5.65. The van der Waals surface area contributed by atoms with Gasteiger partial charge in [-0.3, -0.25) is 0 Å². The normalized spacial score (nSPS) is 45.5. The van der Waals surface area contributed by atoms with Gasteiger partial charge in [0, 0.05) is 5.88 Å². The number of alkyl halides is 1. The van der Waals surface area contributed by atoms with Gasteiger partial charge in [0.15, 0.2) is 8.32 Å². The third kappa shape index (κ3) is 3.41. The molecule has 1 N–H and O–H groups in total. The van der Waals surface area contributed by atoms with Crippen molar-refractivity contribution < 1.29 is 9.53 Å². The fourth-order valence-corrected chi connectivity index (χ4v) is 10.4. The maximum absolute atomic E-state index is 11.5. The number of allylic oxidation sites excluding steroid dienone is 2. The Hall–Kier alpha value is -0.253. The molecular weight excluding hydrogens is 444 g/mol. The smallest absolute Gasteiger partial charge is 0.192 e. The number of fused-ring (bicyclic) bond motifs is 7. The van der Waals surface area contributed by atoms with E-state index in [-0.39, 0.29) is 10.5 Å². The Balaban J connectivity index is 1.47. The summed E-state index contributed by atoms with van der Waals surface area (Å²) < 4.78 is 6.99. The summed E-state index contributed by atoms with van der Waals surface area (Å²) in [6, 6.07) is 0. The lowest BCUT2D eigenvalue weighted by Gasteiger charge is -2.56. The summed E-state index contributed by atoms with van der Waals surface area (Å²) in [6.07, 6.45) is 9.89. The van der Waals surface area contributed by atoms with Gasteiger partial charge in [0.2, 0.25) is 0 Å². The predicted molar refractivity (Wildman–Crippen MR) is 141 cm³/mol. The van der Waals surface area contributed by atoms with Gasteiger partial charge in [-0.05, 0) is 115 Å². The molecule has 9 unspecified atom stereocenters. The molecule has 0 saturated heterocycles. The topological polar surface area (TPSA) is 29.5 Å². The summed E-state index contributed by atoms with van der Waals surface area (Å²) >= 11 is 6.34. The zero-order chi connectivity index (χ0) is 24.1. The van der Waals surface area contributed by atoms with Crippen molar-refractivity contribution in [3.05, 3.63) is 23.0 Å². The van der Waals surface area contributed by atoms with Crippen molar-refractivity contribution in [2.24, 2.45) is 46.3 Å². The zero-order valence-corrected chi connectivity index (χ0v) is 24.1. The lowest BCUT2D eigenvalue weighted by Crippen LogP contribution is -2.50. The second kappa shape index (κ2) is 7.62. The van der Waals surface area contributed by atoms with Gasteiger partial charge < -0.3 is 9.53 Å². The molecule has 4 heteroatoms. The van der Waals surface area contributed by atoms with Crippen molar-refractivity contribution in [2.45, 2.75) is 104 Å². The molecule has 0 bridgehead atoms. The molecule has 33 heavy (non-hydrogen) atoms. The van der Waals surface area contributed by atoms with Crippen LogP contribution in [-0.2, 0) is 4.43 Å². The second-order valence-corrected chi connectivity index (χ2v) is 19.4. The van der Waals surface area contributed by atoms with E-state index in [2.05, 4.69) is 60.7 Å². The molecule has 4 saturated carbocycles. The van der Waals surface area contributed by atoms with Crippen LogP contribution in [0.5, 0.6) is 0 Å². The molecule has 4 fully saturated rings. The van der Waals surface area contributed by atoms with E-state index >= 15 is 0 Å². The van der Waals surface area contributed by atoms with Crippen molar-refractivity contribution in [1.29, 1.82) is 0 Å². The summed E-state index contributed by atoms with van der Waals surface area (Å²) in [5.41, 5.74) is 3.43. The van der Waals surface area contributed by atoms with Crippen LogP contribution in [0.25, 0.3) is 0 Å². The van der Waals surface area contributed by atoms with Gasteiger partial charge in [-0.25, -0.2) is 0 Å². The average molecular weight is 491 g/mol. The number of hydrogen-bond acceptors (Lipinski definition) is 2. The largest absolute Gasteiger partial charge is 0.508 e. The van der Waals surface area contributed by atoms with Crippen molar-refractivity contribution in [1.82, 2.24) is 0 Å². The maximum atomic E-state index is 11.5. The average Bonchev–Trinajstić information content (AvgIpc) is 3.45. The second-order valence-electron chi connectivity index (χ2n) is 14.4. The molecule has 5 aliphatic carbocycles. The number of hydrogen-bond donors (Lipinski definition) is 1. The van der Waals surface area contributed by atoms with Crippen LogP contribution in [-0.4, -0.2) is 25.4 Å². The van der Waals surface area contributed by atoms with E-state index in [0.29, 0.717) is 46.9 Å². The fraction of sp³-hybridized carbons (Fsp3) is 0.862. The van der Waals surface area contributed by atoms with Gasteiger partial charge in [0.25, 0.3) is 0 Å². The third-order valence-electron chi connectivity index (χ3n) is 11.8. The molecule has 5 aliphatic rings. The first kappa shape index (κ1) is 24.4. The first-order chi connectivity index (χ1) is 15.3. The highest BCUT2D eigenvalue weighted by Gasteiger charge is 2.66. The van der Waals surface area contributed by atoms with E-state index in [1.165, 1.54) is 43.3 Å². The molecular formula is C29H47ClO2Si. The minimum atomic E-state index is -1.80. The highest BCUT2D eigenvalue weighted by atomic mass is 35.5. The van der Waals surface area contributed by atoms with Crippen molar-refractivity contribution in [3.8, 4) is 0 Å². The summed E-state index contributed by atoms with van der Waals surface area (Å²) in [5, 5.41) is 11.7. The van der Waals surface area contributed by atoms with Gasteiger partial charge in [-0.15, -0.1) is 11.6 Å². The van der Waals surface area contributed by atoms with E-state index in [4.69, 9.17) is 16.0 Å². The zero-order valence-electron chi connectivity index (χ0n) is 22.3. The maximum Gasteiger partial charge on any atom is 0.192 e. The predicted octanol–water partition coefficient (Wildman–Crippen LogP) is 8.49. The quantitative estimate of drug-likeness (QED) is 0.316. The third-order valence-corrected chi connectivity index (χ3v) is 16.8. The van der Waals surface area contributed by atoms with Crippen LogP contribution in [0, 0.1) is 46.3 Å². The van der Waals surface area contributed by atoms with E-state index in [1.807, 2.05) is 0 Å². The molecule has 0 aromatic heterocycles. The molecule has 9 atom stereocenters. The fourth-order valence-electron chi connectivity index (χ4n) is 8.78. The van der Waals surface area contributed by atoms with Crippen LogP contribution < -0.4 is 0 Å². The number of aliphatic hydroxyl groups is 1. The van der Waals surface area contributed by atoms with Crippen LogP contribution in [0.3, 0.4) is 0 Å². The lowest BCUT2D eigenvalue weighted by atomic mass is 9.49. The van der Waals surface area contributed by atoms with Crippen LogP contribution >= 0.6 is 11.6 Å². The SMILES string of the molecule is CC(CCl)C1CCC2C3=C(O)C=C4CC(O[Si](C)(C)C(C)(C)C)C5CC5C4(C)C3CCC21C. The number of halogens is 1. The highest BCUT2D eigenvalue weighted by molar-refractivity contribution is 6.74. The van der Waals surface area contributed by atoms with E-state index in [9.17, 15) is 5.11 Å². The van der Waals surface area contributed by atoms with Crippen LogP contribution in [0.15, 0.2) is 23.0 Å². The first-order valence-electron chi connectivity index (χ1n) is 13.6. The summed E-state index contributed by atoms with van der Waals surface area (Å²) in [4.78, 5) is 0. The van der Waals surface area contributed by atoms with Gasteiger partial charge >= 0.3 is 0 Å². The van der Waals surface area contributed by atoms with Gasteiger partial charge in [-0.1, -0.05) is 47.1 Å². The Morgan fingerprint density at radius 2 is 1.88 bits per heavy atom. The molecule has 0 heterocycles. The molecule has 0 radical (unpaired) electrons. The molecule has 0 spiro atoms. The van der Waals surface area contributed by atoms with Gasteiger partial charge in [0.1, 0.15) is 5.76 Å². The van der Waals surface area contributed by atoms with E-state index < -0.39 is 8.32 Å². The number of rotatable bonds is 4. The Bertz CT molecular complexity index is 885. The minimum absolute atomic E-state index is 0.219. The molecule has 0 amide bonds. The summed E-state index contributed by atoms with van der Waals surface area (Å²) in [7, 11) is -1.80. The van der Waals surface area contributed by atoms with Crippen molar-refractivity contribution in [2.75, 3.05) is 5.88 Å². The molecule has 2 nitrogen and oxygen atoms in total. The van der Waals surface area contributed by atoms with Gasteiger partial charge in [0.05, 0.1) is 6.10 Å². The molecule has 186 valence electrons. The standard InChI is InChI=1S/C29H47ClO2Si/c1-17(16-30)20-9-10-21-26-22(11-12-28(20,21)5)29(6)18(13-24(26)31)14-25(19-15-23(19)29)32-33(7,8)27(2,3)4/h13,17,19-23,25,31H,9-12,14-16H2,1-8H3. The van der Waals surface area contributed by atoms with E-state index in [0.717, 1.165) is 18.2 Å². The summed E-state index contributed by atoms with van der Waals surface area (Å²) in [5.74, 6) is 5.09. The Labute approximate surface area is 208 Å². The molecule has 0 aliphatic heterocycles. The molecule has 0 aromatic carbocycles. The Morgan fingerprint density at radius 3 is 2.52 bits per heavy atom. The van der Waals surface area contributed by atoms with Crippen molar-refractivity contribution >= 4 is 19.9 Å². The molecule has 0 aromatic rings. The number of aliphatic hydroxyl groups excluding tert-OH is 1. The van der Waals surface area contributed by atoms with Crippen LogP contribution in [0.1, 0.15) is 80.1 Å². The van der Waals surface area contributed by atoms with E-state index in [1.54, 1.807) is 0 Å². The van der Waals surface area contributed by atoms with Gasteiger partial charge in [-0.2, -0.15) is 0 Å². The minimum Gasteiger partial charge on any atom is -0.508 e.